The fourth-order valence-corrected chi connectivity index (χ4v) is 2.59. The second kappa shape index (κ2) is 5.44. The van der Waals surface area contributed by atoms with Gasteiger partial charge in [0, 0.05) is 33.3 Å². The number of thiazole rings is 1. The molecular weight excluding hydrogens is 240 g/mol. The second-order valence-corrected chi connectivity index (χ2v) is 4.83. The number of carbonyl (C=O) groups excluding carboxylic acids is 1. The molecule has 0 bridgehead atoms. The summed E-state index contributed by atoms with van der Waals surface area (Å²) in [5, 5.41) is 3.62. The average Bonchev–Trinajstić information content (AvgIpc) is 2.71. The highest BCUT2D eigenvalue weighted by molar-refractivity contribution is 7.17. The number of rotatable bonds is 3. The Kier molecular flexibility index (Phi) is 3.93. The number of anilines is 1. The second-order valence-electron chi connectivity index (χ2n) is 3.80. The number of ether oxygens (including phenoxy) is 1. The van der Waals surface area contributed by atoms with Crippen LogP contribution in [0, 0.1) is 0 Å². The van der Waals surface area contributed by atoms with E-state index in [1.54, 1.807) is 7.11 Å². The normalized spacial score (nSPS) is 16.2. The number of nitrogens with one attached hydrogen (secondary N) is 1. The minimum absolute atomic E-state index is 0.00718. The number of methoxy groups -OCH3 is 1. The van der Waals surface area contributed by atoms with E-state index in [1.807, 2.05) is 4.90 Å². The quantitative estimate of drug-likeness (QED) is 0.790. The number of aromatic nitrogens is 1. The van der Waals surface area contributed by atoms with Crippen LogP contribution >= 0.6 is 11.3 Å². The zero-order chi connectivity index (χ0) is 12.3. The minimum atomic E-state index is 0.00718. The highest BCUT2D eigenvalue weighted by Crippen LogP contribution is 2.23. The topological polar surface area (TPSA) is 80.5 Å². The van der Waals surface area contributed by atoms with Crippen molar-refractivity contribution in [2.45, 2.75) is 6.61 Å². The highest BCUT2D eigenvalue weighted by atomic mass is 32.1. The van der Waals surface area contributed by atoms with E-state index >= 15 is 0 Å². The van der Waals surface area contributed by atoms with Gasteiger partial charge in [0.2, 0.25) is 0 Å². The summed E-state index contributed by atoms with van der Waals surface area (Å²) in [6.45, 7) is 3.44. The molecular formula is C10H16N4O2S. The number of hydrogen-bond donors (Lipinski definition) is 2. The summed E-state index contributed by atoms with van der Waals surface area (Å²) in [5.74, 6) is 0.00718. The molecule has 0 saturated carbocycles. The summed E-state index contributed by atoms with van der Waals surface area (Å²) in [6, 6.07) is 0. The van der Waals surface area contributed by atoms with E-state index in [0.29, 0.717) is 22.3 Å². The van der Waals surface area contributed by atoms with Gasteiger partial charge in [-0.1, -0.05) is 11.3 Å². The Bertz CT molecular complexity index is 401. The molecule has 7 heteroatoms. The van der Waals surface area contributed by atoms with Gasteiger partial charge in [-0.15, -0.1) is 0 Å². The van der Waals surface area contributed by atoms with Crippen molar-refractivity contribution in [3.63, 3.8) is 0 Å². The number of nitrogens with two attached hydrogens (primary N) is 1. The fraction of sp³-hybridized carbons (Fsp3) is 0.600. The SMILES string of the molecule is COCc1nc(N)sc1C(=O)N1CCNCC1. The first kappa shape index (κ1) is 12.3. The molecule has 1 fully saturated rings. The van der Waals surface area contributed by atoms with E-state index in [2.05, 4.69) is 10.3 Å². The Hall–Kier alpha value is -1.18. The molecule has 0 spiro atoms. The first-order chi connectivity index (χ1) is 8.22. The molecule has 2 heterocycles. The van der Waals surface area contributed by atoms with Crippen LogP contribution in [0.15, 0.2) is 0 Å². The maximum absolute atomic E-state index is 12.3. The average molecular weight is 256 g/mol. The van der Waals surface area contributed by atoms with Crippen LogP contribution in [0.4, 0.5) is 5.13 Å². The van der Waals surface area contributed by atoms with Crippen molar-refractivity contribution in [3.05, 3.63) is 10.6 Å². The number of amides is 1. The van der Waals surface area contributed by atoms with E-state index in [9.17, 15) is 4.79 Å². The van der Waals surface area contributed by atoms with Gasteiger partial charge in [0.1, 0.15) is 4.88 Å². The summed E-state index contributed by atoms with van der Waals surface area (Å²) < 4.78 is 5.02. The molecule has 0 aromatic carbocycles. The fourth-order valence-electron chi connectivity index (χ4n) is 1.78. The zero-order valence-electron chi connectivity index (χ0n) is 9.73. The van der Waals surface area contributed by atoms with Crippen LogP contribution in [-0.2, 0) is 11.3 Å². The highest BCUT2D eigenvalue weighted by Gasteiger charge is 2.23. The molecule has 0 atom stereocenters. The van der Waals surface area contributed by atoms with Crippen molar-refractivity contribution in [1.82, 2.24) is 15.2 Å². The largest absolute Gasteiger partial charge is 0.378 e. The zero-order valence-corrected chi connectivity index (χ0v) is 10.5. The molecule has 0 aliphatic carbocycles. The molecule has 1 aromatic heterocycles. The Labute approximate surface area is 104 Å². The molecule has 94 valence electrons. The molecule has 1 amide bonds. The van der Waals surface area contributed by atoms with Gasteiger partial charge in [-0.2, -0.15) is 0 Å². The van der Waals surface area contributed by atoms with Crippen molar-refractivity contribution in [1.29, 1.82) is 0 Å². The number of nitrogen functional groups attached to an aromatic ring is 1. The molecule has 3 N–H and O–H groups in total. The van der Waals surface area contributed by atoms with Crippen LogP contribution < -0.4 is 11.1 Å². The van der Waals surface area contributed by atoms with Gasteiger partial charge in [-0.3, -0.25) is 4.79 Å². The van der Waals surface area contributed by atoms with Crippen LogP contribution in [0.1, 0.15) is 15.4 Å². The molecule has 0 unspecified atom stereocenters. The lowest BCUT2D eigenvalue weighted by Gasteiger charge is -2.27. The van der Waals surface area contributed by atoms with Gasteiger partial charge >= 0.3 is 0 Å². The Morgan fingerprint density at radius 3 is 2.94 bits per heavy atom. The van der Waals surface area contributed by atoms with E-state index in [4.69, 9.17) is 10.5 Å². The molecule has 1 aromatic rings. The summed E-state index contributed by atoms with van der Waals surface area (Å²) in [4.78, 5) is 18.8. The number of piperazine rings is 1. The minimum Gasteiger partial charge on any atom is -0.378 e. The van der Waals surface area contributed by atoms with Gasteiger partial charge in [0.15, 0.2) is 5.13 Å². The molecule has 6 nitrogen and oxygen atoms in total. The summed E-state index contributed by atoms with van der Waals surface area (Å²) in [6.07, 6.45) is 0. The van der Waals surface area contributed by atoms with E-state index in [1.165, 1.54) is 11.3 Å². The summed E-state index contributed by atoms with van der Waals surface area (Å²) in [7, 11) is 1.58. The van der Waals surface area contributed by atoms with Crippen LogP contribution in [0.5, 0.6) is 0 Å². The van der Waals surface area contributed by atoms with Crippen LogP contribution in [0.25, 0.3) is 0 Å². The van der Waals surface area contributed by atoms with Crippen molar-refractivity contribution >= 4 is 22.4 Å². The first-order valence-electron chi connectivity index (χ1n) is 5.46. The lowest BCUT2D eigenvalue weighted by atomic mass is 10.3. The predicted octanol–water partition coefficient (Wildman–Crippen LogP) is -0.0829. The monoisotopic (exact) mass is 256 g/mol. The summed E-state index contributed by atoms with van der Waals surface area (Å²) >= 11 is 1.23. The molecule has 1 saturated heterocycles. The smallest absolute Gasteiger partial charge is 0.266 e. The lowest BCUT2D eigenvalue weighted by molar-refractivity contribution is 0.0735. The number of carbonyl (C=O) groups is 1. The van der Waals surface area contributed by atoms with Gasteiger partial charge < -0.3 is 20.7 Å². The van der Waals surface area contributed by atoms with Crippen LogP contribution in [0.2, 0.25) is 0 Å². The number of hydrogen-bond acceptors (Lipinski definition) is 6. The van der Waals surface area contributed by atoms with Crippen molar-refractivity contribution < 1.29 is 9.53 Å². The van der Waals surface area contributed by atoms with Crippen LogP contribution in [-0.4, -0.2) is 49.1 Å². The Balaban J connectivity index is 2.16. The molecule has 1 aliphatic rings. The van der Waals surface area contributed by atoms with E-state index in [0.717, 1.165) is 26.2 Å². The standard InChI is InChI=1S/C10H16N4O2S/c1-16-6-7-8(17-10(11)13-7)9(15)14-4-2-12-3-5-14/h12H,2-6H2,1H3,(H2,11,13). The molecule has 2 rings (SSSR count). The van der Waals surface area contributed by atoms with Gasteiger partial charge in [0.25, 0.3) is 5.91 Å². The van der Waals surface area contributed by atoms with Gasteiger partial charge in [-0.05, 0) is 0 Å². The lowest BCUT2D eigenvalue weighted by Crippen LogP contribution is -2.46. The van der Waals surface area contributed by atoms with Crippen LogP contribution in [0.3, 0.4) is 0 Å². The molecule has 0 radical (unpaired) electrons. The predicted molar refractivity (Wildman–Crippen MR) is 66.0 cm³/mol. The summed E-state index contributed by atoms with van der Waals surface area (Å²) in [5.41, 5.74) is 6.28. The first-order valence-corrected chi connectivity index (χ1v) is 6.28. The maximum atomic E-state index is 12.3. The Morgan fingerprint density at radius 1 is 1.59 bits per heavy atom. The van der Waals surface area contributed by atoms with E-state index < -0.39 is 0 Å². The molecule has 1 aliphatic heterocycles. The third kappa shape index (κ3) is 2.74. The Morgan fingerprint density at radius 2 is 2.29 bits per heavy atom. The van der Waals surface area contributed by atoms with E-state index in [-0.39, 0.29) is 5.91 Å². The van der Waals surface area contributed by atoms with Gasteiger partial charge in [0.05, 0.1) is 12.3 Å². The van der Waals surface area contributed by atoms with Crippen molar-refractivity contribution in [2.24, 2.45) is 0 Å². The maximum Gasteiger partial charge on any atom is 0.266 e. The third-order valence-electron chi connectivity index (χ3n) is 2.59. The van der Waals surface area contributed by atoms with Gasteiger partial charge in [-0.25, -0.2) is 4.98 Å². The number of nitrogens with zero attached hydrogens (tertiary/aromatic N) is 2. The molecule has 17 heavy (non-hydrogen) atoms. The van der Waals surface area contributed by atoms with Crippen molar-refractivity contribution in [2.75, 3.05) is 39.0 Å². The van der Waals surface area contributed by atoms with Crippen molar-refractivity contribution in [3.8, 4) is 0 Å². The third-order valence-corrected chi connectivity index (χ3v) is 3.51.